The van der Waals surface area contributed by atoms with Crippen LogP contribution in [0.5, 0.6) is 0 Å². The van der Waals surface area contributed by atoms with Crippen LogP contribution in [-0.2, 0) is 16.0 Å². The number of nitrogens with zero attached hydrogens (tertiary/aromatic N) is 1. The standard InChI is InChI=1S/C18H25F2N3O4/c1-17(2,3)26-15(24)22-14(23-16(25)27-18(4,5)6)21-10-11-7-8-12(19)9-13(11)20/h7-9H,10H2,1-6H3,(H2,21,22,23,24,25). The molecule has 0 aromatic heterocycles. The lowest BCUT2D eigenvalue weighted by Gasteiger charge is -2.22. The predicted molar refractivity (Wildman–Crippen MR) is 96.2 cm³/mol. The molecule has 0 radical (unpaired) electrons. The minimum Gasteiger partial charge on any atom is -0.444 e. The number of rotatable bonds is 2. The summed E-state index contributed by atoms with van der Waals surface area (Å²) in [6.07, 6.45) is -1.73. The Kier molecular flexibility index (Phi) is 7.27. The zero-order valence-electron chi connectivity index (χ0n) is 16.3. The van der Waals surface area contributed by atoms with Gasteiger partial charge in [0.1, 0.15) is 22.8 Å². The zero-order valence-corrected chi connectivity index (χ0v) is 16.3. The molecule has 1 rings (SSSR count). The number of benzene rings is 1. The van der Waals surface area contributed by atoms with Gasteiger partial charge in [0, 0.05) is 11.6 Å². The lowest BCUT2D eigenvalue weighted by molar-refractivity contribution is 0.0545. The number of carbonyl (C=O) groups excluding carboxylic acids is 2. The molecule has 0 heterocycles. The van der Waals surface area contributed by atoms with Gasteiger partial charge in [0.2, 0.25) is 5.96 Å². The Morgan fingerprint density at radius 2 is 1.44 bits per heavy atom. The van der Waals surface area contributed by atoms with Crippen LogP contribution >= 0.6 is 0 Å². The average molecular weight is 385 g/mol. The first-order chi connectivity index (χ1) is 12.2. The molecule has 7 nitrogen and oxygen atoms in total. The first-order valence-electron chi connectivity index (χ1n) is 8.23. The first kappa shape index (κ1) is 22.3. The third-order valence-corrected chi connectivity index (χ3v) is 2.66. The van der Waals surface area contributed by atoms with Crippen molar-refractivity contribution in [1.82, 2.24) is 10.6 Å². The number of nitrogens with one attached hydrogen (secondary N) is 2. The van der Waals surface area contributed by atoms with Crippen molar-refractivity contribution in [2.45, 2.75) is 59.3 Å². The molecule has 0 aliphatic carbocycles. The molecule has 27 heavy (non-hydrogen) atoms. The van der Waals surface area contributed by atoms with Crippen LogP contribution in [-0.4, -0.2) is 29.3 Å². The molecule has 0 aliphatic rings. The quantitative estimate of drug-likeness (QED) is 0.597. The minimum absolute atomic E-state index is 0.0749. The molecule has 0 spiro atoms. The zero-order chi connectivity index (χ0) is 20.8. The Morgan fingerprint density at radius 3 is 1.85 bits per heavy atom. The third-order valence-electron chi connectivity index (χ3n) is 2.66. The van der Waals surface area contributed by atoms with E-state index in [0.29, 0.717) is 6.07 Å². The molecule has 0 saturated heterocycles. The van der Waals surface area contributed by atoms with E-state index >= 15 is 0 Å². The maximum Gasteiger partial charge on any atom is 0.414 e. The summed E-state index contributed by atoms with van der Waals surface area (Å²) in [6.45, 7) is 9.73. The Hall–Kier alpha value is -2.71. The maximum atomic E-state index is 13.7. The smallest absolute Gasteiger partial charge is 0.414 e. The van der Waals surface area contributed by atoms with Gasteiger partial charge in [0.05, 0.1) is 6.54 Å². The van der Waals surface area contributed by atoms with Gasteiger partial charge < -0.3 is 9.47 Å². The number of amides is 2. The number of hydrogen-bond acceptors (Lipinski definition) is 5. The molecule has 0 unspecified atom stereocenters. The summed E-state index contributed by atoms with van der Waals surface area (Å²) in [5.74, 6) is -1.81. The van der Waals surface area contributed by atoms with E-state index in [1.165, 1.54) is 6.07 Å². The van der Waals surface area contributed by atoms with Crippen LogP contribution in [0.1, 0.15) is 47.1 Å². The number of aliphatic imine (C=N–C) groups is 1. The largest absolute Gasteiger partial charge is 0.444 e. The van der Waals surface area contributed by atoms with E-state index in [1.54, 1.807) is 41.5 Å². The lowest BCUT2D eigenvalue weighted by atomic mass is 10.2. The van der Waals surface area contributed by atoms with Gasteiger partial charge in [-0.3, -0.25) is 10.6 Å². The van der Waals surface area contributed by atoms with Gasteiger partial charge in [-0.05, 0) is 47.6 Å². The van der Waals surface area contributed by atoms with E-state index in [1.807, 2.05) is 0 Å². The van der Waals surface area contributed by atoms with Crippen LogP contribution in [0.4, 0.5) is 18.4 Å². The van der Waals surface area contributed by atoms with Gasteiger partial charge in [0.25, 0.3) is 0 Å². The van der Waals surface area contributed by atoms with E-state index in [-0.39, 0.29) is 18.1 Å². The highest BCUT2D eigenvalue weighted by Gasteiger charge is 2.21. The van der Waals surface area contributed by atoms with E-state index in [9.17, 15) is 18.4 Å². The molecule has 1 aromatic rings. The number of carbonyl (C=O) groups is 2. The number of alkyl carbamates (subject to hydrolysis) is 2. The number of guanidine groups is 1. The van der Waals surface area contributed by atoms with Crippen LogP contribution < -0.4 is 10.6 Å². The van der Waals surface area contributed by atoms with Crippen LogP contribution in [0, 0.1) is 11.6 Å². The fraction of sp³-hybridized carbons (Fsp3) is 0.500. The van der Waals surface area contributed by atoms with Crippen LogP contribution in [0.25, 0.3) is 0 Å². The fourth-order valence-electron chi connectivity index (χ4n) is 1.73. The summed E-state index contributed by atoms with van der Waals surface area (Å²) >= 11 is 0. The second-order valence-corrected chi connectivity index (χ2v) is 7.65. The Balaban J connectivity index is 2.94. The van der Waals surface area contributed by atoms with Crippen molar-refractivity contribution in [3.05, 3.63) is 35.4 Å². The molecule has 0 atom stereocenters. The van der Waals surface area contributed by atoms with Crippen molar-refractivity contribution in [2.75, 3.05) is 0 Å². The first-order valence-corrected chi connectivity index (χ1v) is 8.23. The molecule has 1 aromatic carbocycles. The highest BCUT2D eigenvalue weighted by Crippen LogP contribution is 2.11. The summed E-state index contributed by atoms with van der Waals surface area (Å²) in [5, 5.41) is 4.54. The highest BCUT2D eigenvalue weighted by atomic mass is 19.1. The predicted octanol–water partition coefficient (Wildman–Crippen LogP) is 3.87. The lowest BCUT2D eigenvalue weighted by Crippen LogP contribution is -2.47. The van der Waals surface area contributed by atoms with Crippen molar-refractivity contribution in [2.24, 2.45) is 4.99 Å². The Morgan fingerprint density at radius 1 is 0.963 bits per heavy atom. The summed E-state index contributed by atoms with van der Waals surface area (Å²) in [4.78, 5) is 27.8. The normalized spacial score (nSPS) is 11.4. The van der Waals surface area contributed by atoms with Gasteiger partial charge in [0.15, 0.2) is 0 Å². The number of hydrogen-bond donors (Lipinski definition) is 2. The Labute approximate surface area is 157 Å². The fourth-order valence-corrected chi connectivity index (χ4v) is 1.73. The monoisotopic (exact) mass is 385 g/mol. The molecule has 9 heteroatoms. The van der Waals surface area contributed by atoms with Crippen LogP contribution in [0.3, 0.4) is 0 Å². The summed E-state index contributed by atoms with van der Waals surface area (Å²) in [5.41, 5.74) is -1.47. The molecule has 0 saturated carbocycles. The number of halogens is 2. The molecule has 0 aliphatic heterocycles. The van der Waals surface area contributed by atoms with Gasteiger partial charge in [-0.25, -0.2) is 23.4 Å². The second-order valence-electron chi connectivity index (χ2n) is 7.65. The summed E-state index contributed by atoms with van der Waals surface area (Å²) < 4.78 is 36.9. The summed E-state index contributed by atoms with van der Waals surface area (Å²) in [7, 11) is 0. The molecule has 150 valence electrons. The van der Waals surface area contributed by atoms with E-state index < -0.39 is 35.0 Å². The van der Waals surface area contributed by atoms with Gasteiger partial charge in [-0.15, -0.1) is 0 Å². The molecular weight excluding hydrogens is 360 g/mol. The Bertz CT molecular complexity index is 690. The van der Waals surface area contributed by atoms with Crippen molar-refractivity contribution < 1.29 is 27.8 Å². The minimum atomic E-state index is -0.864. The van der Waals surface area contributed by atoms with Crippen molar-refractivity contribution >= 4 is 18.1 Å². The summed E-state index contributed by atoms with van der Waals surface area (Å²) in [6, 6.07) is 3.01. The van der Waals surface area contributed by atoms with Crippen molar-refractivity contribution in [1.29, 1.82) is 0 Å². The molecule has 0 bridgehead atoms. The van der Waals surface area contributed by atoms with Crippen LogP contribution in [0.15, 0.2) is 23.2 Å². The van der Waals surface area contributed by atoms with Crippen molar-refractivity contribution in [3.8, 4) is 0 Å². The molecule has 2 N–H and O–H groups in total. The SMILES string of the molecule is CC(C)(C)OC(=O)NC(=NCc1ccc(F)cc1F)NC(=O)OC(C)(C)C. The molecular formula is C18H25F2N3O4. The second kappa shape index (κ2) is 8.79. The van der Waals surface area contributed by atoms with Gasteiger partial charge in [-0.1, -0.05) is 6.07 Å². The molecule has 2 amide bonds. The topological polar surface area (TPSA) is 89.0 Å². The van der Waals surface area contributed by atoms with Crippen molar-refractivity contribution in [3.63, 3.8) is 0 Å². The maximum absolute atomic E-state index is 13.7. The van der Waals surface area contributed by atoms with Crippen LogP contribution in [0.2, 0.25) is 0 Å². The van der Waals surface area contributed by atoms with Gasteiger partial charge >= 0.3 is 12.2 Å². The van der Waals surface area contributed by atoms with E-state index in [4.69, 9.17) is 9.47 Å². The number of ether oxygens (including phenoxy) is 2. The molecule has 0 fully saturated rings. The van der Waals surface area contributed by atoms with E-state index in [0.717, 1.165) is 6.07 Å². The average Bonchev–Trinajstić information content (AvgIpc) is 2.41. The highest BCUT2D eigenvalue weighted by molar-refractivity contribution is 6.01. The van der Waals surface area contributed by atoms with E-state index in [2.05, 4.69) is 15.6 Å². The van der Waals surface area contributed by atoms with Gasteiger partial charge in [-0.2, -0.15) is 0 Å². The third kappa shape index (κ3) is 9.53.